The molecule has 3 saturated heterocycles. The van der Waals surface area contributed by atoms with Crippen LogP contribution in [0.25, 0.3) is 0 Å². The number of rotatable bonds is 16. The summed E-state index contributed by atoms with van der Waals surface area (Å²) in [4.78, 5) is 97.8. The van der Waals surface area contributed by atoms with E-state index < -0.39 is 71.9 Å². The van der Waals surface area contributed by atoms with Crippen LogP contribution >= 0.6 is 12.6 Å². The van der Waals surface area contributed by atoms with Crippen LogP contribution in [0.5, 0.6) is 5.75 Å². The number of nitrogens with zero attached hydrogens (tertiary/aromatic N) is 3. The number of thiol groups is 1. The van der Waals surface area contributed by atoms with Crippen molar-refractivity contribution in [2.24, 2.45) is 17.4 Å². The number of carboxylic acids is 1. The number of carbonyl (C=O) groups is 7. The quantitative estimate of drug-likeness (QED) is 0.0917. The van der Waals surface area contributed by atoms with Crippen LogP contribution in [0.3, 0.4) is 0 Å². The Kier molecular flexibility index (Phi) is 15.1. The van der Waals surface area contributed by atoms with Crippen LogP contribution in [-0.4, -0.2) is 141 Å². The van der Waals surface area contributed by atoms with Gasteiger partial charge in [0, 0.05) is 38.4 Å². The first kappa shape index (κ1) is 42.3. The van der Waals surface area contributed by atoms with Gasteiger partial charge in [0.2, 0.25) is 35.4 Å². The Labute approximate surface area is 320 Å². The van der Waals surface area contributed by atoms with Crippen molar-refractivity contribution < 1.29 is 43.8 Å². The molecule has 0 spiro atoms. The maximum absolute atomic E-state index is 14.1. The molecule has 0 radical (unpaired) electrons. The smallest absolute Gasteiger partial charge is 0.327 e. The monoisotopic (exact) mass is 774 g/mol. The highest BCUT2D eigenvalue weighted by Crippen LogP contribution is 2.26. The van der Waals surface area contributed by atoms with E-state index in [1.54, 1.807) is 12.1 Å². The highest BCUT2D eigenvalue weighted by molar-refractivity contribution is 7.80. The predicted molar refractivity (Wildman–Crippen MR) is 200 cm³/mol. The van der Waals surface area contributed by atoms with Gasteiger partial charge in [-0.1, -0.05) is 26.0 Å². The highest BCUT2D eigenvalue weighted by Gasteiger charge is 2.44. The molecule has 1 aromatic rings. The Balaban J connectivity index is 1.54. The largest absolute Gasteiger partial charge is 0.508 e. The van der Waals surface area contributed by atoms with Crippen LogP contribution in [0.15, 0.2) is 24.3 Å². The Morgan fingerprint density at radius 3 is 1.83 bits per heavy atom. The van der Waals surface area contributed by atoms with Crippen molar-refractivity contribution in [3.63, 3.8) is 0 Å². The van der Waals surface area contributed by atoms with Gasteiger partial charge in [0.25, 0.3) is 0 Å². The third-order valence-electron chi connectivity index (χ3n) is 10.2. The number of benzene rings is 1. The molecule has 18 heteroatoms. The van der Waals surface area contributed by atoms with E-state index in [9.17, 15) is 43.8 Å². The average molecular weight is 775 g/mol. The second-order valence-corrected chi connectivity index (χ2v) is 15.0. The van der Waals surface area contributed by atoms with Crippen LogP contribution in [0, 0.1) is 5.92 Å². The van der Waals surface area contributed by atoms with Crippen molar-refractivity contribution in [2.45, 2.75) is 108 Å². The van der Waals surface area contributed by atoms with Gasteiger partial charge in [-0.25, -0.2) is 4.79 Å². The molecule has 54 heavy (non-hydrogen) atoms. The van der Waals surface area contributed by atoms with Crippen LogP contribution in [0.4, 0.5) is 0 Å². The molecule has 0 unspecified atom stereocenters. The van der Waals surface area contributed by atoms with Gasteiger partial charge < -0.3 is 52.3 Å². The molecule has 0 aromatic heterocycles. The number of carbonyl (C=O) groups excluding carboxylic acids is 6. The second-order valence-electron chi connectivity index (χ2n) is 14.6. The third-order valence-corrected chi connectivity index (χ3v) is 10.6. The third kappa shape index (κ3) is 10.4. The predicted octanol–water partition coefficient (Wildman–Crippen LogP) is -1.29. The summed E-state index contributed by atoms with van der Waals surface area (Å²) in [6.07, 6.45) is 2.87. The SMILES string of the molecule is CC(C)C[C@H](NC(=O)[C@H](Cc1ccc(O)cc1)NC(=O)[C@@H]1CCCN1C(=O)[C@@H]1CCCN1C(=O)[C@@H](N)CS)C(=O)N1CCC[C@H]1C(=O)N[C@@H](CN)C(=O)O. The second kappa shape index (κ2) is 19.3. The molecule has 3 fully saturated rings. The Morgan fingerprint density at radius 2 is 1.30 bits per heavy atom. The molecule has 17 nitrogen and oxygen atoms in total. The van der Waals surface area contributed by atoms with E-state index in [0.29, 0.717) is 50.6 Å². The van der Waals surface area contributed by atoms with Crippen LogP contribution in [0.2, 0.25) is 0 Å². The number of likely N-dealkylation sites (tertiary alicyclic amines) is 3. The summed E-state index contributed by atoms with van der Waals surface area (Å²) in [7, 11) is 0. The van der Waals surface area contributed by atoms with Gasteiger partial charge in [-0.05, 0) is 68.6 Å². The van der Waals surface area contributed by atoms with Crippen LogP contribution in [-0.2, 0) is 40.0 Å². The maximum Gasteiger partial charge on any atom is 0.327 e. The summed E-state index contributed by atoms with van der Waals surface area (Å²) in [6.45, 7) is 4.27. The van der Waals surface area contributed by atoms with Gasteiger partial charge in [-0.2, -0.15) is 12.6 Å². The Hall–Kier alpha value is -4.42. The van der Waals surface area contributed by atoms with E-state index in [0.717, 1.165) is 0 Å². The van der Waals surface area contributed by atoms with E-state index in [1.165, 1.54) is 26.8 Å². The number of aromatic hydroxyl groups is 1. The van der Waals surface area contributed by atoms with Gasteiger partial charge >= 0.3 is 5.97 Å². The Morgan fingerprint density at radius 1 is 0.778 bits per heavy atom. The number of hydrogen-bond donors (Lipinski definition) is 8. The lowest BCUT2D eigenvalue weighted by molar-refractivity contribution is -0.147. The van der Waals surface area contributed by atoms with Crippen LogP contribution < -0.4 is 27.4 Å². The lowest BCUT2D eigenvalue weighted by Crippen LogP contribution is -2.60. The first-order valence-electron chi connectivity index (χ1n) is 18.6. The van der Waals surface area contributed by atoms with Crippen molar-refractivity contribution in [1.82, 2.24) is 30.7 Å². The number of nitrogens with one attached hydrogen (secondary N) is 3. The summed E-state index contributed by atoms with van der Waals surface area (Å²) >= 11 is 4.12. The number of nitrogens with two attached hydrogens (primary N) is 2. The molecule has 3 aliphatic rings. The fourth-order valence-electron chi connectivity index (χ4n) is 7.38. The minimum absolute atomic E-state index is 0.00611. The maximum atomic E-state index is 14.1. The lowest BCUT2D eigenvalue weighted by Gasteiger charge is -2.33. The topological polar surface area (TPSA) is 258 Å². The average Bonchev–Trinajstić information content (AvgIpc) is 3.94. The van der Waals surface area contributed by atoms with Gasteiger partial charge in [-0.15, -0.1) is 0 Å². The van der Waals surface area contributed by atoms with Crippen molar-refractivity contribution in [1.29, 1.82) is 0 Å². The number of aliphatic carboxylic acids is 1. The van der Waals surface area contributed by atoms with Gasteiger partial charge in [-0.3, -0.25) is 28.8 Å². The van der Waals surface area contributed by atoms with Gasteiger partial charge in [0.15, 0.2) is 0 Å². The summed E-state index contributed by atoms with van der Waals surface area (Å²) in [5, 5.41) is 27.2. The fourth-order valence-corrected chi connectivity index (χ4v) is 7.53. The summed E-state index contributed by atoms with van der Waals surface area (Å²) in [6, 6.07) is -1.03. The van der Waals surface area contributed by atoms with Crippen molar-refractivity contribution in [2.75, 3.05) is 31.9 Å². The summed E-state index contributed by atoms with van der Waals surface area (Å²) in [5.74, 6) is -4.41. The van der Waals surface area contributed by atoms with E-state index in [-0.39, 0.29) is 61.7 Å². The van der Waals surface area contributed by atoms with E-state index in [1.807, 2.05) is 13.8 Å². The molecule has 6 amide bonds. The highest BCUT2D eigenvalue weighted by atomic mass is 32.1. The summed E-state index contributed by atoms with van der Waals surface area (Å²) in [5.41, 5.74) is 12.1. The first-order valence-corrected chi connectivity index (χ1v) is 19.2. The normalized spacial score (nSPS) is 22.0. The van der Waals surface area contributed by atoms with Gasteiger partial charge in [0.1, 0.15) is 42.0 Å². The zero-order valence-electron chi connectivity index (χ0n) is 30.8. The molecule has 0 aliphatic carbocycles. The molecule has 0 saturated carbocycles. The number of amides is 6. The molecule has 9 N–H and O–H groups in total. The molecule has 7 atom stereocenters. The minimum Gasteiger partial charge on any atom is -0.508 e. The summed E-state index contributed by atoms with van der Waals surface area (Å²) < 4.78 is 0. The molecular formula is C36H54N8O9S. The Bertz CT molecular complexity index is 1550. The van der Waals surface area contributed by atoms with E-state index >= 15 is 0 Å². The molecule has 0 bridgehead atoms. The number of carboxylic acid groups (broad SMARTS) is 1. The van der Waals surface area contributed by atoms with E-state index in [2.05, 4.69) is 28.6 Å². The molecule has 3 heterocycles. The lowest BCUT2D eigenvalue weighted by atomic mass is 10.00. The standard InChI is InChI=1S/C36H54N8O9S/c1-20(2)16-25(34(50)42-13-3-6-27(42)32(48)41-26(18-37)36(52)53)40-30(46)24(17-21-9-11-22(45)12-10-21)39-31(47)28-7-4-14-43(28)35(51)29-8-5-15-44(29)33(49)23(38)19-54/h9-12,20,23-29,45,54H,3-8,13-19,37-38H2,1-2H3,(H,39,47)(H,40,46)(H,41,48)(H,52,53)/t23-,24-,25-,26-,27-,28-,29-/m0/s1. The molecule has 298 valence electrons. The molecule has 4 rings (SSSR count). The van der Waals surface area contributed by atoms with Crippen molar-refractivity contribution >= 4 is 54.0 Å². The zero-order chi connectivity index (χ0) is 39.7. The first-order chi connectivity index (χ1) is 25.7. The van der Waals surface area contributed by atoms with E-state index in [4.69, 9.17) is 11.5 Å². The van der Waals surface area contributed by atoms with Gasteiger partial charge in [0.05, 0.1) is 6.04 Å². The molecule has 1 aromatic carbocycles. The number of hydrogen-bond acceptors (Lipinski definition) is 11. The minimum atomic E-state index is -1.33. The van der Waals surface area contributed by atoms with Crippen molar-refractivity contribution in [3.8, 4) is 5.75 Å². The van der Waals surface area contributed by atoms with Crippen LogP contribution in [0.1, 0.15) is 64.4 Å². The van der Waals surface area contributed by atoms with Crippen molar-refractivity contribution in [3.05, 3.63) is 29.8 Å². The fraction of sp³-hybridized carbons (Fsp3) is 0.639. The number of phenolic OH excluding ortho intramolecular Hbond substituents is 1. The number of phenols is 1. The zero-order valence-corrected chi connectivity index (χ0v) is 31.7. The molecular weight excluding hydrogens is 721 g/mol. The molecule has 3 aliphatic heterocycles.